The maximum Gasteiger partial charge on any atom is 0.359 e. The van der Waals surface area contributed by atoms with Gasteiger partial charge in [0, 0.05) is 20.1 Å². The van der Waals surface area contributed by atoms with Crippen LogP contribution in [0, 0.1) is 6.92 Å². The van der Waals surface area contributed by atoms with Gasteiger partial charge in [0.2, 0.25) is 0 Å². The number of esters is 1. The molecule has 0 fully saturated rings. The van der Waals surface area contributed by atoms with Crippen LogP contribution >= 0.6 is 0 Å². The first-order chi connectivity index (χ1) is 8.92. The molecular formula is C12H20N4O3. The first kappa shape index (κ1) is 15.0. The zero-order valence-electron chi connectivity index (χ0n) is 11.8. The van der Waals surface area contributed by atoms with Crippen LogP contribution in [0.5, 0.6) is 0 Å². The van der Waals surface area contributed by atoms with Crippen LogP contribution in [-0.2, 0) is 16.6 Å². The number of anilines is 1. The summed E-state index contributed by atoms with van der Waals surface area (Å²) in [7, 11) is 1.60. The van der Waals surface area contributed by atoms with Crippen LogP contribution in [0.1, 0.15) is 30.0 Å². The van der Waals surface area contributed by atoms with Crippen LogP contribution in [0.2, 0.25) is 0 Å². The second-order valence-electron chi connectivity index (χ2n) is 4.11. The molecule has 1 aromatic rings. The molecular weight excluding hydrogens is 248 g/mol. The van der Waals surface area contributed by atoms with E-state index in [0.717, 1.165) is 0 Å². The van der Waals surface area contributed by atoms with Gasteiger partial charge in [0.05, 0.1) is 11.4 Å². The molecule has 1 rings (SSSR count). The number of carbonyl (C=O) groups excluding carboxylic acids is 2. The van der Waals surface area contributed by atoms with E-state index in [2.05, 4.69) is 5.10 Å². The van der Waals surface area contributed by atoms with Crippen molar-refractivity contribution in [2.75, 3.05) is 25.4 Å². The molecule has 1 amide bonds. The summed E-state index contributed by atoms with van der Waals surface area (Å²) in [4.78, 5) is 25.2. The zero-order chi connectivity index (χ0) is 14.6. The van der Waals surface area contributed by atoms with Crippen molar-refractivity contribution in [3.63, 3.8) is 0 Å². The van der Waals surface area contributed by atoms with Crippen LogP contribution in [-0.4, -0.2) is 46.3 Å². The Morgan fingerprint density at radius 1 is 1.37 bits per heavy atom. The molecule has 0 aliphatic rings. The van der Waals surface area contributed by atoms with Crippen molar-refractivity contribution in [2.24, 2.45) is 7.05 Å². The quantitative estimate of drug-likeness (QED) is 0.777. The highest BCUT2D eigenvalue weighted by atomic mass is 16.5. The van der Waals surface area contributed by atoms with Crippen molar-refractivity contribution in [2.45, 2.75) is 20.8 Å². The zero-order valence-corrected chi connectivity index (χ0v) is 11.8. The van der Waals surface area contributed by atoms with Gasteiger partial charge in [-0.2, -0.15) is 5.10 Å². The van der Waals surface area contributed by atoms with E-state index in [4.69, 9.17) is 10.5 Å². The van der Waals surface area contributed by atoms with Crippen molar-refractivity contribution in [1.82, 2.24) is 14.7 Å². The maximum absolute atomic E-state index is 11.9. The number of carbonyl (C=O) groups is 2. The molecule has 1 heterocycles. The Morgan fingerprint density at radius 2 is 1.95 bits per heavy atom. The lowest BCUT2D eigenvalue weighted by atomic mass is 10.3. The summed E-state index contributed by atoms with van der Waals surface area (Å²) < 4.78 is 6.33. The third-order valence-electron chi connectivity index (χ3n) is 2.90. The lowest BCUT2D eigenvalue weighted by Gasteiger charge is -2.18. The number of hydrogen-bond acceptors (Lipinski definition) is 5. The van der Waals surface area contributed by atoms with Crippen molar-refractivity contribution in [3.05, 3.63) is 11.4 Å². The minimum absolute atomic E-state index is 0.171. The van der Waals surface area contributed by atoms with E-state index in [1.165, 1.54) is 4.68 Å². The van der Waals surface area contributed by atoms with Crippen molar-refractivity contribution in [1.29, 1.82) is 0 Å². The second-order valence-corrected chi connectivity index (χ2v) is 4.11. The molecule has 0 aromatic carbocycles. The van der Waals surface area contributed by atoms with E-state index in [1.807, 2.05) is 13.8 Å². The van der Waals surface area contributed by atoms with Gasteiger partial charge in [-0.3, -0.25) is 9.48 Å². The fraction of sp³-hybridized carbons (Fsp3) is 0.583. The Kier molecular flexibility index (Phi) is 4.91. The minimum atomic E-state index is -0.638. The Labute approximate surface area is 112 Å². The van der Waals surface area contributed by atoms with Gasteiger partial charge in [-0.05, 0) is 20.8 Å². The van der Waals surface area contributed by atoms with E-state index < -0.39 is 5.97 Å². The molecule has 0 saturated heterocycles. The number of amides is 1. The van der Waals surface area contributed by atoms with Gasteiger partial charge >= 0.3 is 5.97 Å². The summed E-state index contributed by atoms with van der Waals surface area (Å²) in [5, 5.41) is 4.02. The number of aryl methyl sites for hydroxylation is 2. The Morgan fingerprint density at radius 3 is 2.37 bits per heavy atom. The van der Waals surface area contributed by atoms with E-state index >= 15 is 0 Å². The van der Waals surface area contributed by atoms with E-state index in [0.29, 0.717) is 18.8 Å². The van der Waals surface area contributed by atoms with Gasteiger partial charge in [0.15, 0.2) is 12.3 Å². The number of rotatable bonds is 5. The third-order valence-corrected chi connectivity index (χ3v) is 2.90. The topological polar surface area (TPSA) is 90.4 Å². The first-order valence-corrected chi connectivity index (χ1v) is 6.16. The van der Waals surface area contributed by atoms with Gasteiger partial charge < -0.3 is 15.4 Å². The summed E-state index contributed by atoms with van der Waals surface area (Å²) in [6.07, 6.45) is 0. The second kappa shape index (κ2) is 6.21. The summed E-state index contributed by atoms with van der Waals surface area (Å²) in [6, 6.07) is 0. The van der Waals surface area contributed by atoms with Gasteiger partial charge in [-0.15, -0.1) is 0 Å². The third kappa shape index (κ3) is 3.24. The molecule has 7 nitrogen and oxygen atoms in total. The highest BCUT2D eigenvalue weighted by Crippen LogP contribution is 2.16. The van der Waals surface area contributed by atoms with E-state index in [1.54, 1.807) is 18.9 Å². The number of likely N-dealkylation sites (N-methyl/N-ethyl adjacent to an activating group) is 1. The summed E-state index contributed by atoms with van der Waals surface area (Å²) in [6.45, 7) is 6.31. The van der Waals surface area contributed by atoms with Crippen LogP contribution < -0.4 is 5.73 Å². The van der Waals surface area contributed by atoms with Crippen LogP contribution in [0.25, 0.3) is 0 Å². The standard InChI is InChI=1S/C12H20N4O3/c1-5-16(6-2)9(17)7-19-12(18)11-10(13)8(3)14-15(11)4/h5-7,13H2,1-4H3. The smallest absolute Gasteiger partial charge is 0.359 e. The van der Waals surface area contributed by atoms with Gasteiger partial charge in [-0.1, -0.05) is 0 Å². The Hall–Kier alpha value is -2.05. The Balaban J connectivity index is 2.68. The van der Waals surface area contributed by atoms with Crippen molar-refractivity contribution >= 4 is 17.6 Å². The molecule has 0 radical (unpaired) electrons. The molecule has 0 spiro atoms. The minimum Gasteiger partial charge on any atom is -0.451 e. The summed E-state index contributed by atoms with van der Waals surface area (Å²) in [5.41, 5.74) is 6.75. The van der Waals surface area contributed by atoms with E-state index in [9.17, 15) is 9.59 Å². The molecule has 106 valence electrons. The van der Waals surface area contributed by atoms with Crippen molar-refractivity contribution < 1.29 is 14.3 Å². The number of hydrogen-bond donors (Lipinski definition) is 1. The fourth-order valence-electron chi connectivity index (χ4n) is 1.78. The molecule has 0 bridgehead atoms. The number of nitrogens with two attached hydrogens (primary N) is 1. The molecule has 7 heteroatoms. The summed E-state index contributed by atoms with van der Waals surface area (Å²) >= 11 is 0. The SMILES string of the molecule is CCN(CC)C(=O)COC(=O)c1c(N)c(C)nn1C. The number of nitrogen functional groups attached to an aromatic ring is 1. The average Bonchev–Trinajstić information content (AvgIpc) is 2.62. The molecule has 0 unspecified atom stereocenters. The molecule has 0 aliphatic heterocycles. The molecule has 1 aromatic heterocycles. The first-order valence-electron chi connectivity index (χ1n) is 6.16. The number of aromatic nitrogens is 2. The maximum atomic E-state index is 11.9. The van der Waals surface area contributed by atoms with Crippen LogP contribution in [0.15, 0.2) is 0 Å². The normalized spacial score (nSPS) is 10.3. The van der Waals surface area contributed by atoms with Crippen LogP contribution in [0.3, 0.4) is 0 Å². The largest absolute Gasteiger partial charge is 0.451 e. The lowest BCUT2D eigenvalue weighted by molar-refractivity contribution is -0.134. The predicted molar refractivity (Wildman–Crippen MR) is 70.6 cm³/mol. The van der Waals surface area contributed by atoms with Crippen molar-refractivity contribution in [3.8, 4) is 0 Å². The van der Waals surface area contributed by atoms with Gasteiger partial charge in [-0.25, -0.2) is 4.79 Å². The van der Waals surface area contributed by atoms with Gasteiger partial charge in [0.1, 0.15) is 0 Å². The highest BCUT2D eigenvalue weighted by molar-refractivity contribution is 5.95. The highest BCUT2D eigenvalue weighted by Gasteiger charge is 2.21. The Bertz CT molecular complexity index is 478. The number of nitrogens with zero attached hydrogens (tertiary/aromatic N) is 3. The number of ether oxygens (including phenoxy) is 1. The molecule has 19 heavy (non-hydrogen) atoms. The molecule has 0 saturated carbocycles. The lowest BCUT2D eigenvalue weighted by Crippen LogP contribution is -2.34. The average molecular weight is 268 g/mol. The molecule has 2 N–H and O–H groups in total. The predicted octanol–water partition coefficient (Wildman–Crippen LogP) is 0.336. The molecule has 0 aliphatic carbocycles. The summed E-state index contributed by atoms with van der Waals surface area (Å²) in [5.74, 6) is -0.864. The van der Waals surface area contributed by atoms with Gasteiger partial charge in [0.25, 0.3) is 5.91 Å². The fourth-order valence-corrected chi connectivity index (χ4v) is 1.78. The molecule has 0 atom stereocenters. The monoisotopic (exact) mass is 268 g/mol. The van der Waals surface area contributed by atoms with E-state index in [-0.39, 0.29) is 23.9 Å². The van der Waals surface area contributed by atoms with Crippen LogP contribution in [0.4, 0.5) is 5.69 Å².